The van der Waals surface area contributed by atoms with E-state index in [-0.39, 0.29) is 5.91 Å². The van der Waals surface area contributed by atoms with E-state index in [4.69, 9.17) is 12.2 Å². The van der Waals surface area contributed by atoms with Crippen molar-refractivity contribution in [2.75, 3.05) is 6.54 Å². The summed E-state index contributed by atoms with van der Waals surface area (Å²) >= 11 is 6.96. The minimum absolute atomic E-state index is 0.0825. The number of amides is 1. The molecule has 3 rings (SSSR count). The SMILES string of the molecule is CC1(C)C[C@H]2C[C@@](C)(CN2C(=S)NC(=O)c2cccs2)C1. The summed E-state index contributed by atoms with van der Waals surface area (Å²) in [5.41, 5.74) is 0.684. The molecule has 1 aromatic rings. The largest absolute Gasteiger partial charge is 0.345 e. The fourth-order valence-corrected chi connectivity index (χ4v) is 5.26. The summed E-state index contributed by atoms with van der Waals surface area (Å²) in [7, 11) is 0. The summed E-state index contributed by atoms with van der Waals surface area (Å²) in [6, 6.07) is 4.18. The number of hydrogen-bond donors (Lipinski definition) is 1. The minimum atomic E-state index is -0.0825. The molecule has 0 spiro atoms. The maximum Gasteiger partial charge on any atom is 0.267 e. The fourth-order valence-electron chi connectivity index (χ4n) is 4.34. The average molecular weight is 322 g/mol. The topological polar surface area (TPSA) is 32.3 Å². The number of carbonyl (C=O) groups excluding carboxylic acids is 1. The molecule has 2 bridgehead atoms. The molecule has 1 N–H and O–H groups in total. The van der Waals surface area contributed by atoms with Gasteiger partial charge in [-0.1, -0.05) is 26.8 Å². The highest BCUT2D eigenvalue weighted by Gasteiger charge is 2.50. The Morgan fingerprint density at radius 2 is 2.19 bits per heavy atom. The highest BCUT2D eigenvalue weighted by atomic mass is 32.1. The molecule has 1 aliphatic carbocycles. The third-order valence-corrected chi connectivity index (χ3v) is 5.85. The van der Waals surface area contributed by atoms with Crippen molar-refractivity contribution in [3.05, 3.63) is 22.4 Å². The Kier molecular flexibility index (Phi) is 3.61. The summed E-state index contributed by atoms with van der Waals surface area (Å²) < 4.78 is 0. The molecule has 2 atom stereocenters. The van der Waals surface area contributed by atoms with Crippen LogP contribution in [0.3, 0.4) is 0 Å². The summed E-state index contributed by atoms with van der Waals surface area (Å²) in [5, 5.41) is 5.41. The Balaban J connectivity index is 1.70. The summed E-state index contributed by atoms with van der Waals surface area (Å²) in [6.07, 6.45) is 3.57. The predicted octanol–water partition coefficient (Wildman–Crippen LogP) is 3.66. The first kappa shape index (κ1) is 15.0. The van der Waals surface area contributed by atoms with Gasteiger partial charge >= 0.3 is 0 Å². The first-order chi connectivity index (χ1) is 9.78. The number of fused-ring (bicyclic) bond motifs is 2. The molecule has 114 valence electrons. The maximum atomic E-state index is 12.2. The van der Waals surface area contributed by atoms with Crippen molar-refractivity contribution in [3.63, 3.8) is 0 Å². The van der Waals surface area contributed by atoms with Crippen molar-refractivity contribution in [2.45, 2.75) is 46.1 Å². The van der Waals surface area contributed by atoms with E-state index in [0.717, 1.165) is 13.0 Å². The Morgan fingerprint density at radius 3 is 2.86 bits per heavy atom. The van der Waals surface area contributed by atoms with Gasteiger partial charge in [-0.05, 0) is 53.8 Å². The third kappa shape index (κ3) is 2.99. The Morgan fingerprint density at radius 1 is 1.43 bits per heavy atom. The van der Waals surface area contributed by atoms with Crippen molar-refractivity contribution in [2.24, 2.45) is 10.8 Å². The second kappa shape index (κ2) is 5.06. The van der Waals surface area contributed by atoms with Gasteiger partial charge in [-0.15, -0.1) is 11.3 Å². The maximum absolute atomic E-state index is 12.2. The van der Waals surface area contributed by atoms with Gasteiger partial charge < -0.3 is 4.90 Å². The van der Waals surface area contributed by atoms with Gasteiger partial charge in [0.1, 0.15) is 0 Å². The zero-order chi connectivity index (χ0) is 15.3. The van der Waals surface area contributed by atoms with Crippen molar-refractivity contribution in [1.82, 2.24) is 10.2 Å². The van der Waals surface area contributed by atoms with Crippen LogP contribution in [0.25, 0.3) is 0 Å². The molecule has 2 aliphatic rings. The molecule has 3 nitrogen and oxygen atoms in total. The molecule has 1 amide bonds. The van der Waals surface area contributed by atoms with Crippen molar-refractivity contribution in [3.8, 4) is 0 Å². The van der Waals surface area contributed by atoms with Crippen molar-refractivity contribution < 1.29 is 4.79 Å². The van der Waals surface area contributed by atoms with Crippen LogP contribution in [0.1, 0.15) is 49.7 Å². The Hall–Kier alpha value is -0.940. The number of hydrogen-bond acceptors (Lipinski definition) is 3. The number of thiophene rings is 1. The Bertz CT molecular complexity index is 567. The van der Waals surface area contributed by atoms with E-state index in [1.807, 2.05) is 17.5 Å². The minimum Gasteiger partial charge on any atom is -0.345 e. The number of carbonyl (C=O) groups is 1. The predicted molar refractivity (Wildman–Crippen MR) is 90.6 cm³/mol. The second-order valence-corrected chi connectivity index (χ2v) is 8.91. The molecule has 2 heterocycles. The average Bonchev–Trinajstić information content (AvgIpc) is 2.93. The molecule has 1 aliphatic heterocycles. The summed E-state index contributed by atoms with van der Waals surface area (Å²) in [6.45, 7) is 8.00. The lowest BCUT2D eigenvalue weighted by Gasteiger charge is -2.39. The Labute approximate surface area is 135 Å². The standard InChI is InChI=1S/C16H22N2OS2/c1-15(2)7-11-8-16(3,9-15)10-18(11)14(20)17-13(19)12-5-4-6-21-12/h4-6,11H,7-10H2,1-3H3,(H,17,19,20)/t11-,16+/m0/s1. The quantitative estimate of drug-likeness (QED) is 0.801. The van der Waals surface area contributed by atoms with Crippen LogP contribution in [0.4, 0.5) is 0 Å². The molecule has 1 saturated heterocycles. The lowest BCUT2D eigenvalue weighted by Crippen LogP contribution is -2.45. The highest BCUT2D eigenvalue weighted by molar-refractivity contribution is 7.80. The van der Waals surface area contributed by atoms with E-state index in [2.05, 4.69) is 31.0 Å². The van der Waals surface area contributed by atoms with Gasteiger partial charge in [-0.25, -0.2) is 0 Å². The van der Waals surface area contributed by atoms with Crippen LogP contribution >= 0.6 is 23.6 Å². The third-order valence-electron chi connectivity index (χ3n) is 4.64. The highest BCUT2D eigenvalue weighted by Crippen LogP contribution is 2.52. The molecule has 2 fully saturated rings. The van der Waals surface area contributed by atoms with Gasteiger partial charge in [0.05, 0.1) is 4.88 Å². The molecule has 1 aromatic heterocycles. The van der Waals surface area contributed by atoms with E-state index < -0.39 is 0 Å². The van der Waals surface area contributed by atoms with Gasteiger partial charge in [-0.2, -0.15) is 0 Å². The normalized spacial score (nSPS) is 30.2. The molecular formula is C16H22N2OS2. The number of nitrogens with zero attached hydrogens (tertiary/aromatic N) is 1. The smallest absolute Gasteiger partial charge is 0.267 e. The molecule has 0 aromatic carbocycles. The molecule has 0 unspecified atom stereocenters. The van der Waals surface area contributed by atoms with Crippen LogP contribution in [-0.4, -0.2) is 28.5 Å². The van der Waals surface area contributed by atoms with Crippen LogP contribution in [0, 0.1) is 10.8 Å². The summed E-state index contributed by atoms with van der Waals surface area (Å²) in [5.74, 6) is -0.0825. The van der Waals surface area contributed by atoms with E-state index in [0.29, 0.717) is 26.9 Å². The first-order valence-corrected chi connectivity index (χ1v) is 8.72. The number of likely N-dealkylation sites (tertiary alicyclic amines) is 1. The van der Waals surface area contributed by atoms with Crippen molar-refractivity contribution in [1.29, 1.82) is 0 Å². The van der Waals surface area contributed by atoms with E-state index >= 15 is 0 Å². The van der Waals surface area contributed by atoms with Crippen LogP contribution in [0.15, 0.2) is 17.5 Å². The zero-order valence-corrected chi connectivity index (χ0v) is 14.4. The first-order valence-electron chi connectivity index (χ1n) is 7.44. The molecule has 5 heteroatoms. The van der Waals surface area contributed by atoms with Gasteiger partial charge in [0.2, 0.25) is 0 Å². The second-order valence-electron chi connectivity index (χ2n) is 7.58. The van der Waals surface area contributed by atoms with E-state index in [1.165, 1.54) is 24.2 Å². The van der Waals surface area contributed by atoms with Crippen molar-refractivity contribution >= 4 is 34.6 Å². The molecule has 1 saturated carbocycles. The van der Waals surface area contributed by atoms with Crippen LogP contribution in [0.5, 0.6) is 0 Å². The van der Waals surface area contributed by atoms with Gasteiger partial charge in [0.15, 0.2) is 5.11 Å². The van der Waals surface area contributed by atoms with Crippen LogP contribution < -0.4 is 5.32 Å². The van der Waals surface area contributed by atoms with Gasteiger partial charge in [-0.3, -0.25) is 10.1 Å². The number of nitrogens with one attached hydrogen (secondary N) is 1. The van der Waals surface area contributed by atoms with E-state index in [9.17, 15) is 4.79 Å². The van der Waals surface area contributed by atoms with Crippen LogP contribution in [-0.2, 0) is 0 Å². The van der Waals surface area contributed by atoms with Gasteiger partial charge in [0, 0.05) is 12.6 Å². The monoisotopic (exact) mass is 322 g/mol. The van der Waals surface area contributed by atoms with Crippen LogP contribution in [0.2, 0.25) is 0 Å². The molecule has 21 heavy (non-hydrogen) atoms. The molecular weight excluding hydrogens is 300 g/mol. The summed E-state index contributed by atoms with van der Waals surface area (Å²) in [4.78, 5) is 15.1. The lowest BCUT2D eigenvalue weighted by molar-refractivity contribution is 0.0976. The zero-order valence-electron chi connectivity index (χ0n) is 12.8. The number of thiocarbonyl (C=S) groups is 1. The lowest BCUT2D eigenvalue weighted by atomic mass is 9.65. The van der Waals surface area contributed by atoms with E-state index in [1.54, 1.807) is 0 Å². The van der Waals surface area contributed by atoms with Gasteiger partial charge in [0.25, 0.3) is 5.91 Å². The molecule has 0 radical (unpaired) electrons. The number of rotatable bonds is 1. The fraction of sp³-hybridized carbons (Fsp3) is 0.625.